The molecule has 1 aliphatic rings. The van der Waals surface area contributed by atoms with Crippen LogP contribution in [0.3, 0.4) is 0 Å². The summed E-state index contributed by atoms with van der Waals surface area (Å²) in [6.45, 7) is 3.92. The topological polar surface area (TPSA) is 139 Å². The molecule has 0 unspecified atom stereocenters. The first-order valence-corrected chi connectivity index (χ1v) is 14.5. The number of hydrogen-bond acceptors (Lipinski definition) is 8. The van der Waals surface area contributed by atoms with Crippen LogP contribution >= 0.6 is 39.1 Å². The second-order valence-corrected chi connectivity index (χ2v) is 12.8. The third kappa shape index (κ3) is 6.46. The zero-order valence-corrected chi connectivity index (χ0v) is 22.7. The first-order chi connectivity index (χ1) is 15.8. The molecule has 10 nitrogen and oxygen atoms in total. The van der Waals surface area contributed by atoms with E-state index in [1.165, 1.54) is 6.07 Å². The Morgan fingerprint density at radius 2 is 1.56 bits per heavy atom. The van der Waals surface area contributed by atoms with Gasteiger partial charge in [-0.15, -0.1) is 0 Å². The number of hydrogen-bond donors (Lipinski definition) is 4. The highest BCUT2D eigenvalue weighted by Gasteiger charge is 2.27. The molecule has 0 saturated carbocycles. The first-order valence-electron chi connectivity index (χ1n) is 9.94. The summed E-state index contributed by atoms with van der Waals surface area (Å²) in [7, 11) is -6.69. The molecule has 2 aromatic carbocycles. The molecule has 1 saturated heterocycles. The predicted octanol–water partition coefficient (Wildman–Crippen LogP) is 2.49. The lowest BCUT2D eigenvalue weighted by Gasteiger charge is -2.32. The summed E-state index contributed by atoms with van der Waals surface area (Å²) >= 11 is 15.0. The molecular formula is C19H23BrCl2N4O6S2. The fourth-order valence-electron chi connectivity index (χ4n) is 3.29. The van der Waals surface area contributed by atoms with E-state index in [0.29, 0.717) is 6.54 Å². The van der Waals surface area contributed by atoms with Gasteiger partial charge in [0.25, 0.3) is 10.0 Å². The second-order valence-electron chi connectivity index (χ2n) is 7.68. The molecule has 1 aliphatic heterocycles. The van der Waals surface area contributed by atoms with Gasteiger partial charge < -0.3 is 15.1 Å². The van der Waals surface area contributed by atoms with E-state index in [4.69, 9.17) is 23.2 Å². The van der Waals surface area contributed by atoms with Crippen molar-refractivity contribution in [3.8, 4) is 11.5 Å². The van der Waals surface area contributed by atoms with Gasteiger partial charge in [0.15, 0.2) is 11.5 Å². The lowest BCUT2D eigenvalue weighted by atomic mass is 10.3. The van der Waals surface area contributed by atoms with Crippen molar-refractivity contribution < 1.29 is 27.0 Å². The van der Waals surface area contributed by atoms with Crippen LogP contribution in [0.15, 0.2) is 38.5 Å². The Kier molecular flexibility index (Phi) is 8.62. The zero-order chi connectivity index (χ0) is 25.3. The van der Waals surface area contributed by atoms with E-state index in [2.05, 4.69) is 35.2 Å². The van der Waals surface area contributed by atoms with Gasteiger partial charge in [-0.2, -0.15) is 0 Å². The number of rotatable bonds is 8. The molecule has 1 heterocycles. The number of benzene rings is 2. The van der Waals surface area contributed by atoms with E-state index in [-0.39, 0.29) is 21.1 Å². The standard InChI is InChI=1S/C19H23BrCl2N4O6S2/c1-25-4-6-26(7-5-25)3-2-23-33(29,30)17-11-13(21)10-15(19(17)28)24-34(31,32)16-9-12(20)8-14(22)18(16)27/h8-11,23-24,27-28H,2-7H2,1H3. The van der Waals surface area contributed by atoms with Crippen molar-refractivity contribution in [1.29, 1.82) is 0 Å². The van der Waals surface area contributed by atoms with E-state index < -0.39 is 47.0 Å². The lowest BCUT2D eigenvalue weighted by molar-refractivity contribution is 0.156. The van der Waals surface area contributed by atoms with Crippen molar-refractivity contribution in [2.45, 2.75) is 9.79 Å². The Morgan fingerprint density at radius 3 is 2.21 bits per heavy atom. The Morgan fingerprint density at radius 1 is 0.941 bits per heavy atom. The van der Waals surface area contributed by atoms with E-state index in [1.54, 1.807) is 0 Å². The predicted molar refractivity (Wildman–Crippen MR) is 134 cm³/mol. The largest absolute Gasteiger partial charge is 0.505 e. The van der Waals surface area contributed by atoms with E-state index in [1.807, 2.05) is 7.05 Å². The maximum absolute atomic E-state index is 12.8. The molecule has 0 aromatic heterocycles. The summed E-state index contributed by atoms with van der Waals surface area (Å²) in [4.78, 5) is 3.11. The number of sulfonamides is 2. The highest BCUT2D eigenvalue weighted by atomic mass is 79.9. The van der Waals surface area contributed by atoms with Crippen LogP contribution in [-0.4, -0.2) is 83.2 Å². The van der Waals surface area contributed by atoms with Crippen molar-refractivity contribution >= 4 is 64.9 Å². The minimum Gasteiger partial charge on any atom is -0.505 e. The second kappa shape index (κ2) is 10.7. The van der Waals surface area contributed by atoms with Crippen LogP contribution in [0.5, 0.6) is 11.5 Å². The van der Waals surface area contributed by atoms with Gasteiger partial charge in [-0.1, -0.05) is 39.1 Å². The van der Waals surface area contributed by atoms with Crippen molar-refractivity contribution in [3.05, 3.63) is 38.8 Å². The zero-order valence-electron chi connectivity index (χ0n) is 17.9. The van der Waals surface area contributed by atoms with Gasteiger partial charge in [0, 0.05) is 48.8 Å². The van der Waals surface area contributed by atoms with Crippen LogP contribution in [0.25, 0.3) is 0 Å². The average Bonchev–Trinajstić information content (AvgIpc) is 2.74. The summed E-state index contributed by atoms with van der Waals surface area (Å²) in [5.74, 6) is -1.56. The molecule has 0 spiro atoms. The number of nitrogens with one attached hydrogen (secondary N) is 2. The summed E-state index contributed by atoms with van der Waals surface area (Å²) in [6, 6.07) is 4.46. The molecule has 188 valence electrons. The van der Waals surface area contributed by atoms with Crippen molar-refractivity contribution in [3.63, 3.8) is 0 Å². The number of phenols is 2. The van der Waals surface area contributed by atoms with Crippen molar-refractivity contribution in [1.82, 2.24) is 14.5 Å². The van der Waals surface area contributed by atoms with Crippen molar-refractivity contribution in [2.75, 3.05) is 51.0 Å². The smallest absolute Gasteiger partial charge is 0.265 e. The maximum Gasteiger partial charge on any atom is 0.265 e. The quantitative estimate of drug-likeness (QED) is 0.331. The number of nitrogens with zero attached hydrogens (tertiary/aromatic N) is 2. The SMILES string of the molecule is CN1CCN(CCNS(=O)(=O)c2cc(Cl)cc(NS(=O)(=O)c3cc(Br)cc(Cl)c3O)c2O)CC1. The monoisotopic (exact) mass is 616 g/mol. The van der Waals surface area contributed by atoms with Gasteiger partial charge in [-0.3, -0.25) is 9.62 Å². The molecule has 0 aliphatic carbocycles. The summed E-state index contributed by atoms with van der Waals surface area (Å²) < 4.78 is 56.1. The third-order valence-electron chi connectivity index (χ3n) is 5.17. The first kappa shape index (κ1) is 27.3. The number of halogens is 3. The van der Waals surface area contributed by atoms with Crippen LogP contribution in [0.2, 0.25) is 10.0 Å². The van der Waals surface area contributed by atoms with Gasteiger partial charge >= 0.3 is 0 Å². The van der Waals surface area contributed by atoms with E-state index in [9.17, 15) is 27.0 Å². The Hall–Kier alpha value is -1.32. The molecule has 3 rings (SSSR count). The molecule has 0 atom stereocenters. The normalized spacial score (nSPS) is 16.0. The fraction of sp³-hybridized carbons (Fsp3) is 0.368. The fourth-order valence-corrected chi connectivity index (χ4v) is 6.95. The molecule has 1 fully saturated rings. The van der Waals surface area contributed by atoms with Crippen LogP contribution in [0.1, 0.15) is 0 Å². The van der Waals surface area contributed by atoms with E-state index >= 15 is 0 Å². The summed E-state index contributed by atoms with van der Waals surface area (Å²) in [6.07, 6.45) is 0. The number of phenolic OH excluding ortho intramolecular Hbond substituents is 2. The molecule has 34 heavy (non-hydrogen) atoms. The van der Waals surface area contributed by atoms with Crippen LogP contribution in [0, 0.1) is 0 Å². The third-order valence-corrected chi connectivity index (χ3v) is 8.99. The van der Waals surface area contributed by atoms with Gasteiger partial charge in [0.05, 0.1) is 10.7 Å². The van der Waals surface area contributed by atoms with Crippen LogP contribution in [0.4, 0.5) is 5.69 Å². The van der Waals surface area contributed by atoms with Crippen LogP contribution in [-0.2, 0) is 20.0 Å². The van der Waals surface area contributed by atoms with Crippen LogP contribution < -0.4 is 9.44 Å². The number of anilines is 1. The number of likely N-dealkylation sites (N-methyl/N-ethyl adjacent to an activating group) is 1. The Bertz CT molecular complexity index is 1290. The highest BCUT2D eigenvalue weighted by molar-refractivity contribution is 9.10. The Labute approximate surface area is 216 Å². The molecule has 0 amide bonds. The van der Waals surface area contributed by atoms with Gasteiger partial charge in [0.2, 0.25) is 10.0 Å². The molecule has 0 radical (unpaired) electrons. The van der Waals surface area contributed by atoms with E-state index in [0.717, 1.165) is 44.4 Å². The lowest BCUT2D eigenvalue weighted by Crippen LogP contribution is -2.46. The van der Waals surface area contributed by atoms with Crippen molar-refractivity contribution in [2.24, 2.45) is 0 Å². The molecule has 15 heteroatoms. The maximum atomic E-state index is 12.8. The van der Waals surface area contributed by atoms with Gasteiger partial charge in [-0.25, -0.2) is 21.6 Å². The minimum atomic E-state index is -4.49. The summed E-state index contributed by atoms with van der Waals surface area (Å²) in [5, 5.41) is 20.3. The minimum absolute atomic E-state index is 0.0868. The highest BCUT2D eigenvalue weighted by Crippen LogP contribution is 2.39. The molecular weight excluding hydrogens is 595 g/mol. The number of aromatic hydroxyl groups is 2. The average molecular weight is 618 g/mol. The number of piperazine rings is 1. The molecule has 4 N–H and O–H groups in total. The summed E-state index contributed by atoms with van der Waals surface area (Å²) in [5.41, 5.74) is -0.484. The van der Waals surface area contributed by atoms with Gasteiger partial charge in [-0.05, 0) is 31.3 Å². The molecule has 0 bridgehead atoms. The molecule has 2 aromatic rings. The van der Waals surface area contributed by atoms with Gasteiger partial charge in [0.1, 0.15) is 9.79 Å². The Balaban J connectivity index is 1.83.